The van der Waals surface area contributed by atoms with E-state index in [-0.39, 0.29) is 16.2 Å². The topological polar surface area (TPSA) is 110 Å². The molecule has 2 aliphatic heterocycles. The lowest BCUT2D eigenvalue weighted by Crippen LogP contribution is -2.68. The van der Waals surface area contributed by atoms with E-state index in [4.69, 9.17) is 10.5 Å². The van der Waals surface area contributed by atoms with E-state index >= 15 is 0 Å². The van der Waals surface area contributed by atoms with Crippen LogP contribution in [-0.4, -0.2) is 56.7 Å². The van der Waals surface area contributed by atoms with Gasteiger partial charge in [0.1, 0.15) is 22.5 Å². The SMILES string of the molecule is COC(SC(C)=O)C1=C(C(=O)O)N2C(=O)C(N)[C@H]2SC1. The molecule has 2 aliphatic rings. The molecule has 1 fully saturated rings. The summed E-state index contributed by atoms with van der Waals surface area (Å²) in [4.78, 5) is 35.6. The van der Waals surface area contributed by atoms with E-state index in [1.165, 1.54) is 30.7 Å². The van der Waals surface area contributed by atoms with Crippen LogP contribution in [0.15, 0.2) is 11.3 Å². The van der Waals surface area contributed by atoms with Crippen LogP contribution in [0.25, 0.3) is 0 Å². The molecule has 3 N–H and O–H groups in total. The van der Waals surface area contributed by atoms with E-state index in [2.05, 4.69) is 0 Å². The molecule has 1 saturated heterocycles. The molecule has 2 unspecified atom stereocenters. The molecule has 2 heterocycles. The number of carbonyl (C=O) groups is 3. The van der Waals surface area contributed by atoms with Gasteiger partial charge in [-0.25, -0.2) is 4.79 Å². The number of hydrogen-bond acceptors (Lipinski definition) is 7. The molecule has 3 atom stereocenters. The fourth-order valence-corrected chi connectivity index (χ4v) is 4.29. The average molecular weight is 318 g/mol. The minimum atomic E-state index is -1.21. The van der Waals surface area contributed by atoms with Crippen molar-refractivity contribution in [3.63, 3.8) is 0 Å². The Kier molecular flexibility index (Phi) is 4.43. The predicted octanol–water partition coefficient (Wildman–Crippen LogP) is -0.180. The van der Waals surface area contributed by atoms with Crippen LogP contribution in [0.2, 0.25) is 0 Å². The quantitative estimate of drug-likeness (QED) is 0.542. The summed E-state index contributed by atoms with van der Waals surface area (Å²) in [5, 5.41) is 8.82. The van der Waals surface area contributed by atoms with Crippen molar-refractivity contribution in [1.29, 1.82) is 0 Å². The van der Waals surface area contributed by atoms with Gasteiger partial charge in [0.15, 0.2) is 5.12 Å². The van der Waals surface area contributed by atoms with Gasteiger partial charge in [0.05, 0.1) is 0 Å². The molecule has 20 heavy (non-hydrogen) atoms. The number of hydrogen-bond donors (Lipinski definition) is 2. The van der Waals surface area contributed by atoms with Crippen LogP contribution in [0.4, 0.5) is 0 Å². The Hall–Kier alpha value is -1.03. The Morgan fingerprint density at radius 3 is 2.75 bits per heavy atom. The Morgan fingerprint density at radius 1 is 1.60 bits per heavy atom. The Labute approximate surface area is 123 Å². The van der Waals surface area contributed by atoms with Crippen molar-refractivity contribution < 1.29 is 24.2 Å². The molecule has 2 rings (SSSR count). The molecule has 0 saturated carbocycles. The lowest BCUT2D eigenvalue weighted by atomic mass is 10.0. The van der Waals surface area contributed by atoms with Crippen molar-refractivity contribution in [2.75, 3.05) is 12.9 Å². The lowest BCUT2D eigenvalue weighted by Gasteiger charge is -2.48. The van der Waals surface area contributed by atoms with Gasteiger partial charge in [-0.2, -0.15) is 0 Å². The maximum Gasteiger partial charge on any atom is 0.352 e. The van der Waals surface area contributed by atoms with Crippen LogP contribution in [0.5, 0.6) is 0 Å². The van der Waals surface area contributed by atoms with E-state index in [9.17, 15) is 19.5 Å². The number of carboxylic acid groups (broad SMARTS) is 1. The van der Waals surface area contributed by atoms with E-state index in [1.807, 2.05) is 0 Å². The summed E-state index contributed by atoms with van der Waals surface area (Å²) in [6.07, 6.45) is 0. The molecule has 0 bridgehead atoms. The number of β-lactam (4-membered cyclic amide) rings is 1. The molecular weight excluding hydrogens is 304 g/mol. The second-order valence-corrected chi connectivity index (χ2v) is 6.64. The fraction of sp³-hybridized carbons (Fsp3) is 0.545. The average Bonchev–Trinajstić information content (AvgIpc) is 2.41. The third-order valence-electron chi connectivity index (χ3n) is 3.01. The zero-order valence-electron chi connectivity index (χ0n) is 10.9. The van der Waals surface area contributed by atoms with Crippen molar-refractivity contribution in [1.82, 2.24) is 4.90 Å². The molecule has 9 heteroatoms. The number of fused-ring (bicyclic) bond motifs is 1. The molecule has 0 aliphatic carbocycles. The monoisotopic (exact) mass is 318 g/mol. The number of amides is 1. The number of nitrogens with zero attached hydrogens (tertiary/aromatic N) is 1. The summed E-state index contributed by atoms with van der Waals surface area (Å²) >= 11 is 2.27. The minimum Gasteiger partial charge on any atom is -0.477 e. The largest absolute Gasteiger partial charge is 0.477 e. The Bertz CT molecular complexity index is 507. The number of ether oxygens (including phenoxy) is 1. The lowest BCUT2D eigenvalue weighted by molar-refractivity contribution is -0.148. The molecule has 7 nitrogen and oxygen atoms in total. The first kappa shape index (κ1) is 15.4. The molecule has 0 aromatic carbocycles. The summed E-state index contributed by atoms with van der Waals surface area (Å²) in [6.45, 7) is 1.38. The standard InChI is InChI=1S/C11H14N2O5S2/c1-4(14)20-11(18-2)5-3-19-9-6(12)8(15)13(9)7(5)10(16)17/h6,9,11H,3,12H2,1-2H3,(H,16,17)/t6?,9-,11?/m1/s1. The molecule has 0 aromatic heterocycles. The van der Waals surface area contributed by atoms with E-state index in [0.717, 1.165) is 11.8 Å². The highest BCUT2D eigenvalue weighted by Gasteiger charge is 2.52. The normalized spacial score (nSPS) is 26.9. The van der Waals surface area contributed by atoms with E-state index in [0.29, 0.717) is 11.3 Å². The van der Waals surface area contributed by atoms with Gasteiger partial charge in [0.2, 0.25) is 5.91 Å². The van der Waals surface area contributed by atoms with Crippen LogP contribution in [0.1, 0.15) is 6.92 Å². The first-order chi connectivity index (χ1) is 9.38. The molecule has 110 valence electrons. The molecule has 0 radical (unpaired) electrons. The fourth-order valence-electron chi connectivity index (χ4n) is 2.13. The van der Waals surface area contributed by atoms with Crippen LogP contribution in [-0.2, 0) is 19.1 Å². The smallest absolute Gasteiger partial charge is 0.352 e. The van der Waals surface area contributed by atoms with Crippen LogP contribution < -0.4 is 5.73 Å². The van der Waals surface area contributed by atoms with Crippen molar-refractivity contribution in [2.45, 2.75) is 23.8 Å². The van der Waals surface area contributed by atoms with Gasteiger partial charge < -0.3 is 15.6 Å². The minimum absolute atomic E-state index is 0.110. The number of nitrogens with two attached hydrogens (primary N) is 1. The summed E-state index contributed by atoms with van der Waals surface area (Å²) in [5.41, 5.74) is 5.25. The van der Waals surface area contributed by atoms with Crippen molar-refractivity contribution in [2.24, 2.45) is 5.73 Å². The highest BCUT2D eigenvalue weighted by atomic mass is 32.2. The van der Waals surface area contributed by atoms with E-state index in [1.54, 1.807) is 0 Å². The van der Waals surface area contributed by atoms with Gasteiger partial charge in [0, 0.05) is 25.4 Å². The zero-order valence-corrected chi connectivity index (χ0v) is 12.5. The summed E-state index contributed by atoms with van der Waals surface area (Å²) in [7, 11) is 1.40. The number of methoxy groups -OCH3 is 1. The second-order valence-electron chi connectivity index (χ2n) is 4.29. The van der Waals surface area contributed by atoms with Crippen molar-refractivity contribution >= 4 is 40.5 Å². The first-order valence-electron chi connectivity index (χ1n) is 5.75. The third kappa shape index (κ3) is 2.46. The van der Waals surface area contributed by atoms with Crippen molar-refractivity contribution in [3.8, 4) is 0 Å². The molecule has 0 aromatic rings. The first-order valence-corrected chi connectivity index (χ1v) is 7.68. The maximum absolute atomic E-state index is 11.8. The number of thioether (sulfide) groups is 2. The van der Waals surface area contributed by atoms with Crippen LogP contribution in [0.3, 0.4) is 0 Å². The zero-order chi connectivity index (χ0) is 15.0. The summed E-state index contributed by atoms with van der Waals surface area (Å²) in [6, 6.07) is -0.669. The second kappa shape index (κ2) is 5.76. The number of carbonyl (C=O) groups excluding carboxylic acids is 2. The number of carboxylic acids is 1. The highest BCUT2D eigenvalue weighted by Crippen LogP contribution is 2.42. The number of rotatable bonds is 4. The van der Waals surface area contributed by atoms with Gasteiger partial charge in [-0.05, 0) is 0 Å². The maximum atomic E-state index is 11.8. The van der Waals surface area contributed by atoms with Crippen LogP contribution in [0, 0.1) is 0 Å². The molecular formula is C11H14N2O5S2. The number of aliphatic carboxylic acids is 1. The third-order valence-corrected chi connectivity index (χ3v) is 5.36. The molecule has 0 spiro atoms. The Morgan fingerprint density at radius 2 is 2.25 bits per heavy atom. The van der Waals surface area contributed by atoms with Gasteiger partial charge in [-0.1, -0.05) is 11.8 Å². The Balaban J connectivity index is 2.39. The highest BCUT2D eigenvalue weighted by molar-refractivity contribution is 8.14. The summed E-state index contributed by atoms with van der Waals surface area (Å²) < 4.78 is 5.19. The van der Waals surface area contributed by atoms with Gasteiger partial charge in [-0.15, -0.1) is 11.8 Å². The molecule has 1 amide bonds. The summed E-state index contributed by atoms with van der Waals surface area (Å²) in [5.74, 6) is -1.26. The van der Waals surface area contributed by atoms with Crippen LogP contribution >= 0.6 is 23.5 Å². The van der Waals surface area contributed by atoms with E-state index < -0.39 is 23.4 Å². The predicted molar refractivity (Wildman–Crippen MR) is 74.8 cm³/mol. The van der Waals surface area contributed by atoms with Gasteiger partial charge in [0.25, 0.3) is 0 Å². The van der Waals surface area contributed by atoms with Gasteiger partial charge in [-0.3, -0.25) is 14.5 Å². The van der Waals surface area contributed by atoms with Crippen molar-refractivity contribution in [3.05, 3.63) is 11.3 Å². The van der Waals surface area contributed by atoms with Gasteiger partial charge >= 0.3 is 5.97 Å².